The van der Waals surface area contributed by atoms with Gasteiger partial charge in [0.15, 0.2) is 0 Å². The summed E-state index contributed by atoms with van der Waals surface area (Å²) >= 11 is 0. The Bertz CT molecular complexity index is 2870. The Labute approximate surface area is 452 Å². The minimum Gasteiger partial charge on any atom is -0.496 e. The lowest BCUT2D eigenvalue weighted by molar-refractivity contribution is 0.377. The van der Waals surface area contributed by atoms with Crippen molar-refractivity contribution < 1.29 is 36.6 Å². The van der Waals surface area contributed by atoms with Gasteiger partial charge >= 0.3 is 0 Å². The highest BCUT2D eigenvalue weighted by Gasteiger charge is 2.42. The van der Waals surface area contributed by atoms with Crippen LogP contribution in [0.25, 0.3) is 0 Å². The summed E-state index contributed by atoms with van der Waals surface area (Å²) in [5, 5.41) is 0. The molecule has 0 fully saturated rings. The van der Waals surface area contributed by atoms with E-state index in [1.807, 2.05) is 45.2 Å². The maximum absolute atomic E-state index is 6.98. The predicted octanol–water partition coefficient (Wildman–Crippen LogP) is 17.6. The molecule has 8 bridgehead atoms. The van der Waals surface area contributed by atoms with Crippen LogP contribution in [0.4, 0.5) is 0 Å². The minimum atomic E-state index is -0.546. The third kappa shape index (κ3) is 9.82. The van der Waals surface area contributed by atoms with Crippen molar-refractivity contribution in [3.05, 3.63) is 210 Å². The van der Waals surface area contributed by atoms with Gasteiger partial charge in [-0.2, -0.15) is 0 Å². The van der Waals surface area contributed by atoms with Crippen LogP contribution in [0.5, 0.6) is 23.0 Å². The van der Waals surface area contributed by atoms with Gasteiger partial charge < -0.3 is 36.6 Å². The van der Waals surface area contributed by atoms with Crippen molar-refractivity contribution in [3.63, 3.8) is 0 Å². The van der Waals surface area contributed by atoms with Gasteiger partial charge in [0.05, 0.1) is 58.4 Å². The monoisotopic (exact) mass is 1020 g/mol. The molecule has 2 unspecified atom stereocenters. The van der Waals surface area contributed by atoms with Gasteiger partial charge in [-0.15, -0.1) is 0 Å². The summed E-state index contributed by atoms with van der Waals surface area (Å²) in [6.07, 6.45) is 1.84. The van der Waals surface area contributed by atoms with Crippen molar-refractivity contribution >= 4 is 0 Å². The third-order valence-electron chi connectivity index (χ3n) is 15.5. The number of methoxy groups -OCH3 is 4. The molecule has 0 N–H and O–H groups in total. The van der Waals surface area contributed by atoms with Crippen LogP contribution in [0, 0.1) is 27.7 Å². The van der Waals surface area contributed by atoms with E-state index < -0.39 is 23.7 Å². The number of hydrogen-bond acceptors (Lipinski definition) is 8. The second-order valence-corrected chi connectivity index (χ2v) is 25.4. The van der Waals surface area contributed by atoms with Crippen LogP contribution in [0.3, 0.4) is 0 Å². The number of benzene rings is 4. The van der Waals surface area contributed by atoms with E-state index in [1.165, 1.54) is 0 Å². The Hall–Kier alpha value is -6.80. The predicted molar refractivity (Wildman–Crippen MR) is 304 cm³/mol. The zero-order valence-electron chi connectivity index (χ0n) is 48.8. The second kappa shape index (κ2) is 19.6. The summed E-state index contributed by atoms with van der Waals surface area (Å²) in [5.41, 5.74) is 11.5. The molecule has 0 amide bonds. The van der Waals surface area contributed by atoms with Crippen LogP contribution < -0.4 is 18.9 Å². The summed E-state index contributed by atoms with van der Waals surface area (Å²) in [6, 6.07) is 33.2. The molecule has 8 aromatic rings. The molecule has 1 aliphatic rings. The van der Waals surface area contributed by atoms with Gasteiger partial charge in [0, 0.05) is 44.5 Å². The summed E-state index contributed by atoms with van der Waals surface area (Å²) in [6.45, 7) is 35.3. The van der Waals surface area contributed by atoms with E-state index in [-0.39, 0.29) is 21.7 Å². The van der Waals surface area contributed by atoms with Crippen LogP contribution in [-0.2, 0) is 21.7 Å². The first kappa shape index (κ1) is 54.0. The molecule has 8 nitrogen and oxygen atoms in total. The van der Waals surface area contributed by atoms with Gasteiger partial charge in [0.2, 0.25) is 0 Å². The first-order valence-electron chi connectivity index (χ1n) is 26.8. The van der Waals surface area contributed by atoms with E-state index in [2.05, 4.69) is 163 Å². The maximum Gasteiger partial charge on any atom is 0.127 e. The average molecular weight is 1030 g/mol. The van der Waals surface area contributed by atoms with Gasteiger partial charge in [0.25, 0.3) is 0 Å². The zero-order valence-corrected chi connectivity index (χ0v) is 48.8. The zero-order chi connectivity index (χ0) is 55.1. The highest BCUT2D eigenvalue weighted by Crippen LogP contribution is 2.57. The van der Waals surface area contributed by atoms with Crippen LogP contribution in [0.2, 0.25) is 0 Å². The summed E-state index contributed by atoms with van der Waals surface area (Å²) in [5.74, 6) is 6.00. The van der Waals surface area contributed by atoms with E-state index in [1.54, 1.807) is 28.4 Å². The van der Waals surface area contributed by atoms with Gasteiger partial charge in [-0.25, -0.2) is 0 Å². The molecule has 8 heteroatoms. The van der Waals surface area contributed by atoms with E-state index in [0.29, 0.717) is 23.0 Å². The number of aryl methyl sites for hydroxylation is 4. The standard InChI is InChI=1S/C68H80O8/c1-37-27-56(73-36-37)60-51-34-43(67(11,12)13)32-49(63(51)71-19)58(54-25-22-39(3)75-54)47-30-41(65(5,6)7)28-45(61(47)69-17)57(53-24-21-38(2)74-53)46-29-42(66(8,9)10)31-48(62(46)70-18)59(55-26-23-40(4)76-55)50-33-44(68(14,15)16)35-52(60)64(50)72-20/h21-36,57-60H,1-20H3/t57?,58-,59+,60?. The molecule has 4 atom stereocenters. The molecule has 0 spiro atoms. The molecule has 0 radical (unpaired) electrons. The van der Waals surface area contributed by atoms with Crippen molar-refractivity contribution in [1.29, 1.82) is 0 Å². The van der Waals surface area contributed by atoms with Crippen LogP contribution in [-0.4, -0.2) is 28.4 Å². The average Bonchev–Trinajstić information content (AvgIpc) is 4.22. The van der Waals surface area contributed by atoms with Crippen molar-refractivity contribution in [2.75, 3.05) is 28.4 Å². The first-order valence-corrected chi connectivity index (χ1v) is 26.8. The lowest BCUT2D eigenvalue weighted by Crippen LogP contribution is -2.21. The van der Waals surface area contributed by atoms with E-state index in [0.717, 1.165) is 113 Å². The molecule has 4 heterocycles. The quantitative estimate of drug-likeness (QED) is 0.149. The Morgan fingerprint density at radius 2 is 0.539 bits per heavy atom. The van der Waals surface area contributed by atoms with Gasteiger partial charge in [-0.1, -0.05) is 132 Å². The molecule has 4 aromatic heterocycles. The number of hydrogen-bond donors (Lipinski definition) is 0. The summed E-state index contributed by atoms with van der Waals surface area (Å²) in [7, 11) is 7.13. The molecule has 0 aliphatic heterocycles. The second-order valence-electron chi connectivity index (χ2n) is 25.4. The fourth-order valence-corrected chi connectivity index (χ4v) is 11.4. The molecule has 0 saturated heterocycles. The minimum absolute atomic E-state index is 0.330. The number of rotatable bonds is 8. The Balaban J connectivity index is 1.64. The lowest BCUT2D eigenvalue weighted by atomic mass is 9.72. The normalized spacial score (nSPS) is 17.2. The van der Waals surface area contributed by atoms with E-state index in [4.69, 9.17) is 36.6 Å². The topological polar surface area (TPSA) is 89.5 Å². The van der Waals surface area contributed by atoms with Crippen molar-refractivity contribution in [3.8, 4) is 23.0 Å². The van der Waals surface area contributed by atoms with Crippen LogP contribution in [0.15, 0.2) is 115 Å². The van der Waals surface area contributed by atoms with Crippen LogP contribution >= 0.6 is 0 Å². The van der Waals surface area contributed by atoms with Crippen molar-refractivity contribution in [2.45, 2.75) is 156 Å². The Morgan fingerprint density at radius 3 is 0.697 bits per heavy atom. The van der Waals surface area contributed by atoms with E-state index >= 15 is 0 Å². The SMILES string of the molecule is COc1c2cc(C(C)(C)C)cc1[C@@H](c1ccc(C)o1)c1cc(C(C)(C)C)cc(c1OC)C(c1ccc(C)o1)c1cc(C(C)(C)C)cc(c1OC)[C@@H](c1ccc(C)o1)c1cc(C(C)(C)C)cc(c1OC)C2c1cc(C)co1. The first-order chi connectivity index (χ1) is 35.7. The van der Waals surface area contributed by atoms with Crippen molar-refractivity contribution in [1.82, 2.24) is 0 Å². The largest absolute Gasteiger partial charge is 0.496 e. The molecular formula is C68H80O8. The molecule has 400 valence electrons. The number of fused-ring (bicyclic) bond motifs is 8. The molecule has 9 rings (SSSR count). The van der Waals surface area contributed by atoms with Crippen LogP contribution in [0.1, 0.15) is 219 Å². The van der Waals surface area contributed by atoms with Gasteiger partial charge in [0.1, 0.15) is 63.3 Å². The molecule has 0 saturated carbocycles. The van der Waals surface area contributed by atoms with E-state index in [9.17, 15) is 0 Å². The smallest absolute Gasteiger partial charge is 0.127 e. The molecule has 76 heavy (non-hydrogen) atoms. The number of furan rings is 4. The molecule has 4 aromatic carbocycles. The Kier molecular flexibility index (Phi) is 14.0. The molecular weight excluding hydrogens is 945 g/mol. The van der Waals surface area contributed by atoms with Gasteiger partial charge in [-0.05, 0) is 120 Å². The highest BCUT2D eigenvalue weighted by molar-refractivity contribution is 5.68. The number of ether oxygens (including phenoxy) is 4. The highest BCUT2D eigenvalue weighted by atomic mass is 16.5. The maximum atomic E-state index is 6.98. The van der Waals surface area contributed by atoms with Crippen molar-refractivity contribution in [2.24, 2.45) is 0 Å². The Morgan fingerprint density at radius 1 is 0.316 bits per heavy atom. The third-order valence-corrected chi connectivity index (χ3v) is 15.5. The fourth-order valence-electron chi connectivity index (χ4n) is 11.4. The summed E-state index contributed by atoms with van der Waals surface area (Å²) in [4.78, 5) is 0. The fraction of sp³-hybridized carbons (Fsp3) is 0.412. The summed E-state index contributed by atoms with van der Waals surface area (Å²) < 4.78 is 55.4. The van der Waals surface area contributed by atoms with Gasteiger partial charge in [-0.3, -0.25) is 0 Å². The lowest BCUT2D eigenvalue weighted by Gasteiger charge is -2.34. The molecule has 1 aliphatic carbocycles.